The van der Waals surface area contributed by atoms with Gasteiger partial charge in [0.1, 0.15) is 5.75 Å². The molecule has 1 fully saturated rings. The summed E-state index contributed by atoms with van der Waals surface area (Å²) in [4.78, 5) is 0. The Bertz CT molecular complexity index is 330. The third-order valence-electron chi connectivity index (χ3n) is 3.32. The van der Waals surface area contributed by atoms with Gasteiger partial charge in [0.05, 0.1) is 6.10 Å². The van der Waals surface area contributed by atoms with Gasteiger partial charge in [0, 0.05) is 6.04 Å². The molecule has 88 valence electrons. The van der Waals surface area contributed by atoms with Crippen molar-refractivity contribution in [3.05, 3.63) is 29.8 Å². The molecular formula is C13H19NO2. The summed E-state index contributed by atoms with van der Waals surface area (Å²) in [7, 11) is 0. The smallest absolute Gasteiger partial charge is 0.115 e. The molecular weight excluding hydrogens is 202 g/mol. The van der Waals surface area contributed by atoms with Crippen molar-refractivity contribution in [2.24, 2.45) is 5.92 Å². The van der Waals surface area contributed by atoms with Crippen molar-refractivity contribution >= 4 is 0 Å². The van der Waals surface area contributed by atoms with Crippen LogP contribution in [-0.2, 0) is 0 Å². The summed E-state index contributed by atoms with van der Waals surface area (Å²) >= 11 is 0. The van der Waals surface area contributed by atoms with E-state index in [4.69, 9.17) is 0 Å². The minimum atomic E-state index is -0.0734. The number of phenolic OH excluding ortho intramolecular Hbond substituents is 1. The highest BCUT2D eigenvalue weighted by molar-refractivity contribution is 5.27. The van der Waals surface area contributed by atoms with Gasteiger partial charge in [-0.3, -0.25) is 0 Å². The van der Waals surface area contributed by atoms with Gasteiger partial charge in [0.15, 0.2) is 0 Å². The quantitative estimate of drug-likeness (QED) is 0.727. The third-order valence-corrected chi connectivity index (χ3v) is 3.32. The predicted molar refractivity (Wildman–Crippen MR) is 63.3 cm³/mol. The minimum Gasteiger partial charge on any atom is -0.508 e. The summed E-state index contributed by atoms with van der Waals surface area (Å²) in [5.74, 6) is 0.924. The molecule has 0 spiro atoms. The normalized spacial score (nSPS) is 26.1. The summed E-state index contributed by atoms with van der Waals surface area (Å²) in [5.41, 5.74) is 1.18. The largest absolute Gasteiger partial charge is 0.508 e. The second kappa shape index (κ2) is 4.85. The Morgan fingerprint density at radius 1 is 1.31 bits per heavy atom. The second-order valence-electron chi connectivity index (χ2n) is 4.71. The van der Waals surface area contributed by atoms with Crippen molar-refractivity contribution < 1.29 is 10.2 Å². The summed E-state index contributed by atoms with van der Waals surface area (Å²) in [5, 5.41) is 21.8. The molecule has 0 saturated heterocycles. The van der Waals surface area contributed by atoms with E-state index >= 15 is 0 Å². The minimum absolute atomic E-state index is 0.0734. The van der Waals surface area contributed by atoms with Crippen molar-refractivity contribution in [1.29, 1.82) is 0 Å². The summed E-state index contributed by atoms with van der Waals surface area (Å²) in [6.45, 7) is 3.07. The molecule has 16 heavy (non-hydrogen) atoms. The first-order valence-electron chi connectivity index (χ1n) is 5.85. The molecule has 0 radical (unpaired) electrons. The van der Waals surface area contributed by atoms with Crippen LogP contribution in [0.5, 0.6) is 5.75 Å². The Kier molecular flexibility index (Phi) is 3.46. The van der Waals surface area contributed by atoms with E-state index in [1.165, 1.54) is 5.56 Å². The molecule has 1 atom stereocenters. The van der Waals surface area contributed by atoms with Crippen LogP contribution < -0.4 is 5.32 Å². The SMILES string of the molecule is CC(NCC1CC(O)C1)c1ccc(O)cc1. The molecule has 1 aromatic carbocycles. The maximum absolute atomic E-state index is 9.18. The Labute approximate surface area is 96.1 Å². The second-order valence-corrected chi connectivity index (χ2v) is 4.71. The molecule has 0 amide bonds. The standard InChI is InChI=1S/C13H19NO2/c1-9(11-2-4-12(15)5-3-11)14-8-10-6-13(16)7-10/h2-5,9-10,13-16H,6-8H2,1H3. The average molecular weight is 221 g/mol. The molecule has 1 aromatic rings. The lowest BCUT2D eigenvalue weighted by molar-refractivity contribution is 0.0420. The fraction of sp³-hybridized carbons (Fsp3) is 0.538. The lowest BCUT2D eigenvalue weighted by Gasteiger charge is -2.32. The van der Waals surface area contributed by atoms with E-state index in [-0.39, 0.29) is 6.10 Å². The molecule has 0 bridgehead atoms. The van der Waals surface area contributed by atoms with Gasteiger partial charge in [-0.05, 0) is 49.9 Å². The number of hydrogen-bond acceptors (Lipinski definition) is 3. The summed E-state index contributed by atoms with van der Waals surface area (Å²) in [6, 6.07) is 7.57. The third kappa shape index (κ3) is 2.74. The maximum Gasteiger partial charge on any atom is 0.115 e. The molecule has 1 aliphatic rings. The van der Waals surface area contributed by atoms with Crippen molar-refractivity contribution in [2.75, 3.05) is 6.54 Å². The first-order chi connectivity index (χ1) is 7.65. The topological polar surface area (TPSA) is 52.5 Å². The van der Waals surface area contributed by atoms with E-state index in [1.807, 2.05) is 12.1 Å². The Hall–Kier alpha value is -1.06. The first-order valence-corrected chi connectivity index (χ1v) is 5.85. The molecule has 0 aliphatic heterocycles. The van der Waals surface area contributed by atoms with Crippen LogP contribution in [0.3, 0.4) is 0 Å². The van der Waals surface area contributed by atoms with Crippen LogP contribution in [0.25, 0.3) is 0 Å². The number of rotatable bonds is 4. The van der Waals surface area contributed by atoms with Crippen LogP contribution >= 0.6 is 0 Å². The van der Waals surface area contributed by atoms with Crippen molar-refractivity contribution in [2.45, 2.75) is 31.9 Å². The number of benzene rings is 1. The van der Waals surface area contributed by atoms with E-state index in [2.05, 4.69) is 12.2 Å². The van der Waals surface area contributed by atoms with Gasteiger partial charge in [0.25, 0.3) is 0 Å². The Balaban J connectivity index is 1.79. The van der Waals surface area contributed by atoms with Crippen molar-refractivity contribution in [1.82, 2.24) is 5.32 Å². The molecule has 1 unspecified atom stereocenters. The van der Waals surface area contributed by atoms with E-state index in [0.29, 0.717) is 17.7 Å². The zero-order valence-electron chi connectivity index (χ0n) is 9.56. The molecule has 1 saturated carbocycles. The van der Waals surface area contributed by atoms with Crippen LogP contribution in [0.2, 0.25) is 0 Å². The van der Waals surface area contributed by atoms with Crippen LogP contribution in [0, 0.1) is 5.92 Å². The van der Waals surface area contributed by atoms with Gasteiger partial charge in [-0.2, -0.15) is 0 Å². The number of nitrogens with one attached hydrogen (secondary N) is 1. The number of aliphatic hydroxyl groups is 1. The summed E-state index contributed by atoms with van der Waals surface area (Å²) in [6.07, 6.45) is 1.78. The van der Waals surface area contributed by atoms with Crippen LogP contribution in [-0.4, -0.2) is 22.9 Å². The highest BCUT2D eigenvalue weighted by Crippen LogP contribution is 2.27. The fourth-order valence-electron chi connectivity index (χ4n) is 2.09. The first kappa shape index (κ1) is 11.4. The van der Waals surface area contributed by atoms with E-state index in [0.717, 1.165) is 19.4 Å². The average Bonchev–Trinajstić information content (AvgIpc) is 2.23. The lowest BCUT2D eigenvalue weighted by atomic mass is 9.82. The predicted octanol–water partition coefficient (Wildman–Crippen LogP) is 1.81. The zero-order chi connectivity index (χ0) is 11.5. The van der Waals surface area contributed by atoms with Gasteiger partial charge < -0.3 is 15.5 Å². The van der Waals surface area contributed by atoms with Crippen molar-refractivity contribution in [3.63, 3.8) is 0 Å². The number of aliphatic hydroxyl groups excluding tert-OH is 1. The van der Waals surface area contributed by atoms with E-state index < -0.39 is 0 Å². The van der Waals surface area contributed by atoms with E-state index in [9.17, 15) is 10.2 Å². The van der Waals surface area contributed by atoms with Gasteiger partial charge in [0.2, 0.25) is 0 Å². The molecule has 1 aliphatic carbocycles. The Morgan fingerprint density at radius 2 is 1.94 bits per heavy atom. The molecule has 3 N–H and O–H groups in total. The molecule has 0 aromatic heterocycles. The van der Waals surface area contributed by atoms with Gasteiger partial charge in [-0.1, -0.05) is 12.1 Å². The van der Waals surface area contributed by atoms with E-state index in [1.54, 1.807) is 12.1 Å². The zero-order valence-corrected chi connectivity index (χ0v) is 9.56. The highest BCUT2D eigenvalue weighted by Gasteiger charge is 2.26. The van der Waals surface area contributed by atoms with Crippen molar-refractivity contribution in [3.8, 4) is 5.75 Å². The van der Waals surface area contributed by atoms with Crippen LogP contribution in [0.4, 0.5) is 0 Å². The van der Waals surface area contributed by atoms with Gasteiger partial charge >= 0.3 is 0 Å². The number of phenols is 1. The van der Waals surface area contributed by atoms with Gasteiger partial charge in [-0.25, -0.2) is 0 Å². The molecule has 3 nitrogen and oxygen atoms in total. The molecule has 2 rings (SSSR count). The number of aromatic hydroxyl groups is 1. The number of hydrogen-bond donors (Lipinski definition) is 3. The maximum atomic E-state index is 9.18. The fourth-order valence-corrected chi connectivity index (χ4v) is 2.09. The molecule has 3 heteroatoms. The molecule has 0 heterocycles. The lowest BCUT2D eigenvalue weighted by Crippen LogP contribution is -2.36. The van der Waals surface area contributed by atoms with Gasteiger partial charge in [-0.15, -0.1) is 0 Å². The summed E-state index contributed by atoms with van der Waals surface area (Å²) < 4.78 is 0. The highest BCUT2D eigenvalue weighted by atomic mass is 16.3. The van der Waals surface area contributed by atoms with Crippen LogP contribution in [0.1, 0.15) is 31.4 Å². The monoisotopic (exact) mass is 221 g/mol. The van der Waals surface area contributed by atoms with Crippen LogP contribution in [0.15, 0.2) is 24.3 Å². The Morgan fingerprint density at radius 3 is 2.50 bits per heavy atom.